The Kier molecular flexibility index (Phi) is 2.54. The van der Waals surface area contributed by atoms with Gasteiger partial charge in [-0.2, -0.15) is 0 Å². The highest BCUT2D eigenvalue weighted by Gasteiger charge is 2.59. The van der Waals surface area contributed by atoms with Crippen molar-refractivity contribution < 1.29 is 9.90 Å². The van der Waals surface area contributed by atoms with Gasteiger partial charge in [-0.3, -0.25) is 4.79 Å². The first-order valence-corrected chi connectivity index (χ1v) is 6.24. The minimum Gasteiger partial charge on any atom is -0.396 e. The lowest BCUT2D eigenvalue weighted by Gasteiger charge is -2.56. The molecule has 0 aromatic carbocycles. The lowest BCUT2D eigenvalue weighted by molar-refractivity contribution is -0.149. The molecule has 2 nitrogen and oxygen atoms in total. The smallest absolute Gasteiger partial charge is 0.148 e. The Morgan fingerprint density at radius 3 is 2.44 bits per heavy atom. The van der Waals surface area contributed by atoms with E-state index in [9.17, 15) is 4.79 Å². The summed E-state index contributed by atoms with van der Waals surface area (Å²) in [4.78, 5) is 12.5. The summed E-state index contributed by atoms with van der Waals surface area (Å²) >= 11 is 0. The average molecular weight is 222 g/mol. The first-order chi connectivity index (χ1) is 7.38. The summed E-state index contributed by atoms with van der Waals surface area (Å²) in [5.41, 5.74) is -0.515. The van der Waals surface area contributed by atoms with Gasteiger partial charge < -0.3 is 5.11 Å². The summed E-state index contributed by atoms with van der Waals surface area (Å²) in [6.07, 6.45) is 8.14. The van der Waals surface area contributed by atoms with E-state index in [0.717, 1.165) is 25.7 Å². The van der Waals surface area contributed by atoms with Gasteiger partial charge in [0.25, 0.3) is 0 Å². The zero-order valence-electron chi connectivity index (χ0n) is 10.5. The second-order valence-electron chi connectivity index (χ2n) is 6.19. The van der Waals surface area contributed by atoms with E-state index in [1.165, 1.54) is 0 Å². The van der Waals surface area contributed by atoms with Crippen LogP contribution in [0.5, 0.6) is 0 Å². The number of hydrogen-bond acceptors (Lipinski definition) is 2. The molecule has 90 valence electrons. The molecule has 2 bridgehead atoms. The molecular formula is C14H22O2. The molecule has 1 saturated carbocycles. The number of carbonyl (C=O) groups excluding carboxylic acids is 1. The third-order valence-corrected chi connectivity index (χ3v) is 4.97. The van der Waals surface area contributed by atoms with Crippen molar-refractivity contribution in [1.29, 1.82) is 0 Å². The third-order valence-electron chi connectivity index (χ3n) is 4.97. The fraction of sp³-hybridized carbons (Fsp3) is 0.786. The third kappa shape index (κ3) is 1.32. The van der Waals surface area contributed by atoms with E-state index in [2.05, 4.69) is 32.9 Å². The van der Waals surface area contributed by atoms with Crippen molar-refractivity contribution in [3.05, 3.63) is 12.2 Å². The molecule has 1 fully saturated rings. The second-order valence-corrected chi connectivity index (χ2v) is 6.19. The zero-order valence-corrected chi connectivity index (χ0v) is 10.5. The maximum atomic E-state index is 12.5. The molecule has 3 aliphatic carbocycles. The Bertz CT molecular complexity index is 343. The maximum Gasteiger partial charge on any atom is 0.148 e. The topological polar surface area (TPSA) is 37.3 Å². The van der Waals surface area contributed by atoms with Gasteiger partial charge in [-0.1, -0.05) is 26.0 Å². The molecular weight excluding hydrogens is 200 g/mol. The normalized spacial score (nSPS) is 40.4. The van der Waals surface area contributed by atoms with Crippen LogP contribution in [0, 0.1) is 16.2 Å². The Morgan fingerprint density at radius 1 is 1.25 bits per heavy atom. The minimum absolute atomic E-state index is 0.00935. The molecule has 0 amide bonds. The summed E-state index contributed by atoms with van der Waals surface area (Å²) in [6.45, 7) is 6.43. The summed E-state index contributed by atoms with van der Waals surface area (Å²) < 4.78 is 0. The van der Waals surface area contributed by atoms with Gasteiger partial charge in [0.15, 0.2) is 0 Å². The van der Waals surface area contributed by atoms with E-state index < -0.39 is 0 Å². The lowest BCUT2D eigenvalue weighted by atomic mass is 9.46. The number of allylic oxidation sites excluding steroid dienone is 2. The molecule has 0 radical (unpaired) electrons. The number of fused-ring (bicyclic) bond motifs is 2. The van der Waals surface area contributed by atoms with Crippen molar-refractivity contribution in [3.63, 3.8) is 0 Å². The molecule has 0 aromatic rings. The van der Waals surface area contributed by atoms with E-state index in [1.807, 2.05) is 0 Å². The molecule has 16 heavy (non-hydrogen) atoms. The molecule has 0 aliphatic heterocycles. The molecule has 0 heterocycles. The molecule has 0 aromatic heterocycles. The first-order valence-electron chi connectivity index (χ1n) is 6.24. The maximum absolute atomic E-state index is 12.5. The van der Waals surface area contributed by atoms with E-state index in [0.29, 0.717) is 5.78 Å². The van der Waals surface area contributed by atoms with Crippen molar-refractivity contribution in [1.82, 2.24) is 0 Å². The van der Waals surface area contributed by atoms with E-state index in [-0.39, 0.29) is 22.9 Å². The number of aliphatic hydroxyl groups is 1. The van der Waals surface area contributed by atoms with Gasteiger partial charge in [-0.15, -0.1) is 0 Å². The highest BCUT2D eigenvalue weighted by molar-refractivity contribution is 5.94. The second kappa shape index (κ2) is 3.43. The van der Waals surface area contributed by atoms with Crippen LogP contribution in [-0.4, -0.2) is 17.5 Å². The van der Waals surface area contributed by atoms with Gasteiger partial charge >= 0.3 is 0 Å². The lowest BCUT2D eigenvalue weighted by Crippen LogP contribution is -2.56. The Labute approximate surface area is 97.7 Å². The highest BCUT2D eigenvalue weighted by Crippen LogP contribution is 2.61. The van der Waals surface area contributed by atoms with Gasteiger partial charge in [0.2, 0.25) is 0 Å². The number of ketones is 1. The summed E-state index contributed by atoms with van der Waals surface area (Å²) in [7, 11) is 0. The van der Waals surface area contributed by atoms with Gasteiger partial charge in [0.1, 0.15) is 5.78 Å². The highest BCUT2D eigenvalue weighted by atomic mass is 16.2. The molecule has 1 N–H and O–H groups in total. The number of Topliss-reactive ketones (excluding diaryl/α,β-unsaturated/α-hetero) is 1. The van der Waals surface area contributed by atoms with Crippen LogP contribution in [0.4, 0.5) is 0 Å². The zero-order chi connectivity index (χ0) is 12.0. The summed E-state index contributed by atoms with van der Waals surface area (Å²) in [6, 6.07) is 0. The van der Waals surface area contributed by atoms with Crippen LogP contribution in [0.3, 0.4) is 0 Å². The van der Waals surface area contributed by atoms with Crippen molar-refractivity contribution in [2.45, 2.75) is 46.5 Å². The number of hydrogen-bond donors (Lipinski definition) is 1. The predicted molar refractivity (Wildman–Crippen MR) is 64.0 cm³/mol. The molecule has 3 aliphatic rings. The Morgan fingerprint density at radius 2 is 1.94 bits per heavy atom. The monoisotopic (exact) mass is 222 g/mol. The van der Waals surface area contributed by atoms with Crippen LogP contribution in [0.2, 0.25) is 0 Å². The molecule has 2 heteroatoms. The van der Waals surface area contributed by atoms with Gasteiger partial charge in [0, 0.05) is 22.9 Å². The van der Waals surface area contributed by atoms with Crippen molar-refractivity contribution in [2.75, 3.05) is 6.61 Å². The van der Waals surface area contributed by atoms with Crippen molar-refractivity contribution >= 4 is 5.78 Å². The fourth-order valence-corrected chi connectivity index (χ4v) is 3.56. The van der Waals surface area contributed by atoms with Crippen LogP contribution >= 0.6 is 0 Å². The fourth-order valence-electron chi connectivity index (χ4n) is 3.56. The van der Waals surface area contributed by atoms with Crippen LogP contribution < -0.4 is 0 Å². The van der Waals surface area contributed by atoms with E-state index in [1.54, 1.807) is 0 Å². The molecule has 0 spiro atoms. The molecule has 2 atom stereocenters. The average Bonchev–Trinajstić information content (AvgIpc) is 2.26. The summed E-state index contributed by atoms with van der Waals surface area (Å²) in [5, 5.41) is 9.00. The SMILES string of the molecule is CC12C=CC(CCCO)(CC1)C(C)(C)C2=O. The molecule has 2 unspecified atom stereocenters. The Balaban J connectivity index is 2.39. The van der Waals surface area contributed by atoms with Crippen LogP contribution in [0.1, 0.15) is 46.5 Å². The van der Waals surface area contributed by atoms with E-state index in [4.69, 9.17) is 5.11 Å². The summed E-state index contributed by atoms with van der Waals surface area (Å²) in [5.74, 6) is 0.381. The number of carbonyl (C=O) groups is 1. The van der Waals surface area contributed by atoms with Crippen LogP contribution in [0.25, 0.3) is 0 Å². The Hall–Kier alpha value is -0.630. The van der Waals surface area contributed by atoms with Crippen molar-refractivity contribution in [2.24, 2.45) is 16.2 Å². The van der Waals surface area contributed by atoms with Gasteiger partial charge in [0.05, 0.1) is 0 Å². The molecule has 0 saturated heterocycles. The quantitative estimate of drug-likeness (QED) is 0.745. The van der Waals surface area contributed by atoms with Gasteiger partial charge in [-0.25, -0.2) is 0 Å². The molecule has 3 rings (SSSR count). The standard InChI is InChI=1S/C14H22O2/c1-12(2)11(16)13(3)6-8-14(12,9-7-13)5-4-10-15/h6,8,15H,4-5,7,9-10H2,1-3H3. The van der Waals surface area contributed by atoms with Gasteiger partial charge in [-0.05, 0) is 32.6 Å². The van der Waals surface area contributed by atoms with E-state index >= 15 is 0 Å². The number of rotatable bonds is 3. The first kappa shape index (κ1) is 11.8. The predicted octanol–water partition coefficient (Wildman–Crippen LogP) is 2.71. The van der Waals surface area contributed by atoms with Crippen LogP contribution in [-0.2, 0) is 4.79 Å². The van der Waals surface area contributed by atoms with Crippen LogP contribution in [0.15, 0.2) is 12.2 Å². The number of aliphatic hydroxyl groups excluding tert-OH is 1. The van der Waals surface area contributed by atoms with Crippen molar-refractivity contribution in [3.8, 4) is 0 Å². The largest absolute Gasteiger partial charge is 0.396 e. The minimum atomic E-state index is -0.274.